The van der Waals surface area contributed by atoms with Crippen molar-refractivity contribution >= 4 is 11.9 Å². The van der Waals surface area contributed by atoms with Gasteiger partial charge in [-0.05, 0) is 18.1 Å². The maximum Gasteiger partial charge on any atom is 0.339 e. The van der Waals surface area contributed by atoms with Crippen LogP contribution in [-0.4, -0.2) is 23.6 Å². The summed E-state index contributed by atoms with van der Waals surface area (Å²) in [6, 6.07) is 8.93. The van der Waals surface area contributed by atoms with Crippen LogP contribution >= 0.6 is 0 Å². The quantitative estimate of drug-likeness (QED) is 0.776. The topological polar surface area (TPSA) is 88.8 Å². The Labute approximate surface area is 140 Å². The minimum absolute atomic E-state index is 0.00605. The van der Waals surface area contributed by atoms with Gasteiger partial charge >= 0.3 is 5.97 Å². The Morgan fingerprint density at radius 3 is 2.50 bits per heavy atom. The Kier molecular flexibility index (Phi) is 6.14. The third-order valence-electron chi connectivity index (χ3n) is 3.60. The summed E-state index contributed by atoms with van der Waals surface area (Å²) in [6.45, 7) is 5.10. The lowest BCUT2D eigenvalue weighted by Crippen LogP contribution is -2.23. The van der Waals surface area contributed by atoms with Crippen LogP contribution in [0.2, 0.25) is 0 Å². The summed E-state index contributed by atoms with van der Waals surface area (Å²) in [7, 11) is 0. The molecule has 0 saturated carbocycles. The Morgan fingerprint density at radius 2 is 1.92 bits per heavy atom. The number of carboxylic acids is 1. The van der Waals surface area contributed by atoms with Crippen molar-refractivity contribution in [2.75, 3.05) is 6.61 Å². The first-order chi connectivity index (χ1) is 11.6. The molecule has 0 aliphatic rings. The highest BCUT2D eigenvalue weighted by Crippen LogP contribution is 2.17. The number of amides is 1. The summed E-state index contributed by atoms with van der Waals surface area (Å²) in [5.41, 5.74) is 1.97. The summed E-state index contributed by atoms with van der Waals surface area (Å²) >= 11 is 0. The molecule has 6 heteroatoms. The minimum atomic E-state index is -1.10. The van der Waals surface area contributed by atoms with Crippen molar-refractivity contribution < 1.29 is 23.8 Å². The van der Waals surface area contributed by atoms with Crippen LogP contribution in [0, 0.1) is 0 Å². The zero-order valence-electron chi connectivity index (χ0n) is 13.8. The molecular formula is C18H21NO5. The van der Waals surface area contributed by atoms with Crippen molar-refractivity contribution in [2.45, 2.75) is 33.4 Å². The van der Waals surface area contributed by atoms with Gasteiger partial charge in [-0.2, -0.15) is 0 Å². The lowest BCUT2D eigenvalue weighted by molar-refractivity contribution is 0.0694. The second kappa shape index (κ2) is 8.31. The molecule has 1 aromatic carbocycles. The van der Waals surface area contributed by atoms with Gasteiger partial charge in [-0.15, -0.1) is 0 Å². The number of aromatic carboxylic acids is 1. The lowest BCUT2D eigenvalue weighted by atomic mass is 10.1. The molecule has 0 saturated heterocycles. The van der Waals surface area contributed by atoms with E-state index >= 15 is 0 Å². The molecule has 0 fully saturated rings. The molecule has 2 aromatic rings. The van der Waals surface area contributed by atoms with E-state index in [1.807, 2.05) is 31.2 Å². The Balaban J connectivity index is 2.07. The zero-order chi connectivity index (χ0) is 17.5. The number of ether oxygens (including phenoxy) is 1. The van der Waals surface area contributed by atoms with Crippen LogP contribution in [0.4, 0.5) is 0 Å². The highest BCUT2D eigenvalue weighted by molar-refractivity contribution is 5.96. The smallest absolute Gasteiger partial charge is 0.339 e. The van der Waals surface area contributed by atoms with E-state index < -0.39 is 11.9 Å². The number of hydrogen-bond donors (Lipinski definition) is 2. The van der Waals surface area contributed by atoms with Gasteiger partial charge in [-0.1, -0.05) is 31.2 Å². The number of rotatable bonds is 8. The van der Waals surface area contributed by atoms with E-state index in [0.29, 0.717) is 31.9 Å². The van der Waals surface area contributed by atoms with Gasteiger partial charge in [0.1, 0.15) is 11.3 Å². The van der Waals surface area contributed by atoms with Crippen molar-refractivity contribution in [2.24, 2.45) is 0 Å². The van der Waals surface area contributed by atoms with Crippen LogP contribution < -0.4 is 5.32 Å². The summed E-state index contributed by atoms with van der Waals surface area (Å²) in [6.07, 6.45) is 0.409. The van der Waals surface area contributed by atoms with Crippen molar-refractivity contribution in [3.63, 3.8) is 0 Å². The number of hydrogen-bond acceptors (Lipinski definition) is 4. The molecule has 0 aliphatic carbocycles. The number of carbonyl (C=O) groups is 2. The van der Waals surface area contributed by atoms with Gasteiger partial charge in [-0.25, -0.2) is 4.79 Å². The zero-order valence-corrected chi connectivity index (χ0v) is 13.8. The van der Waals surface area contributed by atoms with Gasteiger partial charge < -0.3 is 19.6 Å². The minimum Gasteiger partial charge on any atom is -0.478 e. The molecule has 1 heterocycles. The second-order valence-electron chi connectivity index (χ2n) is 5.19. The van der Waals surface area contributed by atoms with Gasteiger partial charge in [-0.3, -0.25) is 4.79 Å². The SMILES string of the molecule is CCOCc1ccccc1CNC(=O)c1cc(C(=O)O)c(CC)o1. The molecule has 0 unspecified atom stereocenters. The van der Waals surface area contributed by atoms with E-state index in [0.717, 1.165) is 11.1 Å². The fraction of sp³-hybridized carbons (Fsp3) is 0.333. The Hall–Kier alpha value is -2.60. The maximum atomic E-state index is 12.2. The lowest BCUT2D eigenvalue weighted by Gasteiger charge is -2.10. The normalized spacial score (nSPS) is 10.6. The number of benzene rings is 1. The van der Waals surface area contributed by atoms with E-state index in [4.69, 9.17) is 14.3 Å². The molecule has 2 N–H and O–H groups in total. The number of furan rings is 1. The fourth-order valence-corrected chi connectivity index (χ4v) is 2.33. The van der Waals surface area contributed by atoms with Crippen LogP contribution in [0.25, 0.3) is 0 Å². The van der Waals surface area contributed by atoms with E-state index in [1.165, 1.54) is 6.07 Å². The number of aryl methyl sites for hydroxylation is 1. The average molecular weight is 331 g/mol. The molecule has 6 nitrogen and oxygen atoms in total. The van der Waals surface area contributed by atoms with Crippen molar-refractivity contribution in [1.82, 2.24) is 5.32 Å². The summed E-state index contributed by atoms with van der Waals surface area (Å²) in [5.74, 6) is -1.24. The highest BCUT2D eigenvalue weighted by Gasteiger charge is 2.20. The van der Waals surface area contributed by atoms with Crippen LogP contribution in [0.3, 0.4) is 0 Å². The number of carboxylic acid groups (broad SMARTS) is 1. The molecule has 0 radical (unpaired) electrons. The maximum absolute atomic E-state index is 12.2. The molecule has 0 aliphatic heterocycles. The van der Waals surface area contributed by atoms with Crippen LogP contribution in [0.5, 0.6) is 0 Å². The van der Waals surface area contributed by atoms with Crippen LogP contribution in [0.15, 0.2) is 34.7 Å². The van der Waals surface area contributed by atoms with Crippen molar-refractivity contribution in [1.29, 1.82) is 0 Å². The molecule has 1 aromatic heterocycles. The predicted molar refractivity (Wildman–Crippen MR) is 88.0 cm³/mol. The summed E-state index contributed by atoms with van der Waals surface area (Å²) in [4.78, 5) is 23.4. The van der Waals surface area contributed by atoms with Crippen molar-refractivity contribution in [3.8, 4) is 0 Å². The first-order valence-electron chi connectivity index (χ1n) is 7.85. The predicted octanol–water partition coefficient (Wildman–Crippen LogP) is 3.01. The van der Waals surface area contributed by atoms with Gasteiger partial charge in [0, 0.05) is 25.6 Å². The summed E-state index contributed by atoms with van der Waals surface area (Å²) < 4.78 is 10.8. The third-order valence-corrected chi connectivity index (χ3v) is 3.60. The summed E-state index contributed by atoms with van der Waals surface area (Å²) in [5, 5.41) is 11.9. The first kappa shape index (κ1) is 17.7. The van der Waals surface area contributed by atoms with Crippen molar-refractivity contribution in [3.05, 3.63) is 58.5 Å². The number of nitrogens with one attached hydrogen (secondary N) is 1. The van der Waals surface area contributed by atoms with Gasteiger partial charge in [0.15, 0.2) is 5.76 Å². The van der Waals surface area contributed by atoms with Gasteiger partial charge in [0.05, 0.1) is 6.61 Å². The molecule has 1 amide bonds. The fourth-order valence-electron chi connectivity index (χ4n) is 2.33. The van der Waals surface area contributed by atoms with Gasteiger partial charge in [0.25, 0.3) is 5.91 Å². The van der Waals surface area contributed by atoms with Crippen LogP contribution in [0.1, 0.15) is 51.6 Å². The molecule has 128 valence electrons. The molecule has 0 bridgehead atoms. The van der Waals surface area contributed by atoms with Gasteiger partial charge in [0.2, 0.25) is 0 Å². The van der Waals surface area contributed by atoms with E-state index in [-0.39, 0.29) is 11.3 Å². The number of carbonyl (C=O) groups excluding carboxylic acids is 1. The largest absolute Gasteiger partial charge is 0.478 e. The molecular weight excluding hydrogens is 310 g/mol. The van der Waals surface area contributed by atoms with E-state index in [1.54, 1.807) is 6.92 Å². The Bertz CT molecular complexity index is 720. The standard InChI is InChI=1S/C18H21NO5/c1-3-15-14(18(21)22)9-16(24-15)17(20)19-10-12-7-5-6-8-13(12)11-23-4-2/h5-9H,3-4,10-11H2,1-2H3,(H,19,20)(H,21,22). The molecule has 2 rings (SSSR count). The molecule has 0 spiro atoms. The first-order valence-corrected chi connectivity index (χ1v) is 7.85. The van der Waals surface area contributed by atoms with Crippen LogP contribution in [-0.2, 0) is 24.3 Å². The van der Waals surface area contributed by atoms with E-state index in [2.05, 4.69) is 5.32 Å². The Morgan fingerprint density at radius 1 is 1.21 bits per heavy atom. The molecule has 24 heavy (non-hydrogen) atoms. The average Bonchev–Trinajstić information content (AvgIpc) is 3.03. The monoisotopic (exact) mass is 331 g/mol. The van der Waals surface area contributed by atoms with E-state index in [9.17, 15) is 9.59 Å². The third kappa shape index (κ3) is 4.23. The highest BCUT2D eigenvalue weighted by atomic mass is 16.5. The second-order valence-corrected chi connectivity index (χ2v) is 5.19. The molecule has 0 atom stereocenters.